The highest BCUT2D eigenvalue weighted by molar-refractivity contribution is 7.90. The Morgan fingerprint density at radius 3 is 2.44 bits per heavy atom. The number of rotatable bonds is 3. The summed E-state index contributed by atoms with van der Waals surface area (Å²) >= 11 is 0. The number of urea groups is 1. The lowest BCUT2D eigenvalue weighted by Crippen LogP contribution is -2.37. The predicted molar refractivity (Wildman–Crippen MR) is 62.6 cm³/mol. The number of hydrogen-bond acceptors (Lipinski definition) is 5. The van der Waals surface area contributed by atoms with E-state index in [0.29, 0.717) is 0 Å². The number of hydrogen-bond donors (Lipinski definition) is 4. The van der Waals surface area contributed by atoms with Gasteiger partial charge < -0.3 is 16.2 Å². The molecule has 0 spiro atoms. The first-order valence-electron chi connectivity index (χ1n) is 4.65. The molecule has 8 nitrogen and oxygen atoms in total. The van der Waals surface area contributed by atoms with Crippen LogP contribution in [0.15, 0.2) is 23.1 Å². The van der Waals surface area contributed by atoms with Gasteiger partial charge in [-0.25, -0.2) is 22.7 Å². The number of carboxylic acids is 1. The fourth-order valence-electron chi connectivity index (χ4n) is 1.18. The first kappa shape index (κ1) is 13.8. The molecule has 5 N–H and O–H groups in total. The van der Waals surface area contributed by atoms with E-state index in [1.54, 1.807) is 4.72 Å². The fourth-order valence-corrected chi connectivity index (χ4v) is 2.32. The Balaban J connectivity index is 3.32. The first-order valence-corrected chi connectivity index (χ1v) is 6.13. The normalized spacial score (nSPS) is 10.7. The van der Waals surface area contributed by atoms with Gasteiger partial charge in [0.25, 0.3) is 10.0 Å². The molecule has 0 aliphatic heterocycles. The molecular weight excluding hydrogens is 262 g/mol. The largest absolute Gasteiger partial charge is 0.478 e. The third kappa shape index (κ3) is 2.88. The van der Waals surface area contributed by atoms with E-state index in [1.807, 2.05) is 5.32 Å². The number of anilines is 1. The van der Waals surface area contributed by atoms with Gasteiger partial charge in [0.05, 0.1) is 5.56 Å². The zero-order valence-electron chi connectivity index (χ0n) is 9.30. The van der Waals surface area contributed by atoms with Gasteiger partial charge in [0.15, 0.2) is 0 Å². The molecule has 0 saturated carbocycles. The summed E-state index contributed by atoms with van der Waals surface area (Å²) in [4.78, 5) is 21.4. The summed E-state index contributed by atoms with van der Waals surface area (Å²) in [5.74, 6) is -1.46. The van der Waals surface area contributed by atoms with Crippen LogP contribution in [-0.2, 0) is 10.0 Å². The molecular formula is C9H11N3O5S. The van der Waals surface area contributed by atoms with Gasteiger partial charge in [-0.2, -0.15) is 0 Å². The summed E-state index contributed by atoms with van der Waals surface area (Å²) in [5, 5.41) is 10.9. The van der Waals surface area contributed by atoms with Crippen molar-refractivity contribution >= 4 is 27.7 Å². The standard InChI is InChI=1S/C9H11N3O5S/c1-11-9(15)12-18(16,17)7-3-2-5(10)4-6(7)8(13)14/h2-4H,10H2,1H3,(H,13,14)(H2,11,12,15). The smallest absolute Gasteiger partial charge is 0.337 e. The van der Waals surface area contributed by atoms with Gasteiger partial charge in [0.2, 0.25) is 0 Å². The molecule has 1 rings (SSSR count). The third-order valence-corrected chi connectivity index (χ3v) is 3.37. The van der Waals surface area contributed by atoms with Gasteiger partial charge in [-0.05, 0) is 18.2 Å². The average Bonchev–Trinajstić information content (AvgIpc) is 2.27. The van der Waals surface area contributed by atoms with Crippen molar-refractivity contribution in [2.24, 2.45) is 0 Å². The van der Waals surface area contributed by atoms with E-state index in [9.17, 15) is 18.0 Å². The molecule has 1 aromatic carbocycles. The summed E-state index contributed by atoms with van der Waals surface area (Å²) < 4.78 is 25.2. The molecule has 0 radical (unpaired) electrons. The summed E-state index contributed by atoms with van der Waals surface area (Å²) in [6.45, 7) is 0. The molecule has 0 aromatic heterocycles. The number of carbonyl (C=O) groups excluding carboxylic acids is 1. The van der Waals surface area contributed by atoms with E-state index >= 15 is 0 Å². The Hall–Kier alpha value is -2.29. The van der Waals surface area contributed by atoms with Crippen LogP contribution in [0.5, 0.6) is 0 Å². The fraction of sp³-hybridized carbons (Fsp3) is 0.111. The zero-order valence-corrected chi connectivity index (χ0v) is 10.1. The van der Waals surface area contributed by atoms with Crippen molar-refractivity contribution in [2.45, 2.75) is 4.90 Å². The van der Waals surface area contributed by atoms with Crippen LogP contribution >= 0.6 is 0 Å². The number of carboxylic acid groups (broad SMARTS) is 1. The lowest BCUT2D eigenvalue weighted by atomic mass is 10.2. The van der Waals surface area contributed by atoms with Crippen molar-refractivity contribution < 1.29 is 23.1 Å². The lowest BCUT2D eigenvalue weighted by molar-refractivity contribution is 0.0692. The van der Waals surface area contributed by atoms with Crippen molar-refractivity contribution in [3.05, 3.63) is 23.8 Å². The van der Waals surface area contributed by atoms with E-state index in [1.165, 1.54) is 13.1 Å². The number of amides is 2. The summed E-state index contributed by atoms with van der Waals surface area (Å²) in [5.41, 5.74) is 4.97. The van der Waals surface area contributed by atoms with Crippen LogP contribution in [0.3, 0.4) is 0 Å². The molecule has 98 valence electrons. The molecule has 0 aliphatic rings. The summed E-state index contributed by atoms with van der Waals surface area (Å²) in [6, 6.07) is 2.28. The van der Waals surface area contributed by atoms with Crippen LogP contribution < -0.4 is 15.8 Å². The maximum absolute atomic E-state index is 11.8. The molecule has 0 unspecified atom stereocenters. The predicted octanol–water partition coefficient (Wildman–Crippen LogP) is -0.415. The molecule has 18 heavy (non-hydrogen) atoms. The zero-order chi connectivity index (χ0) is 13.9. The highest BCUT2D eigenvalue weighted by Crippen LogP contribution is 2.18. The number of nitrogen functional groups attached to an aromatic ring is 1. The second kappa shape index (κ2) is 4.92. The minimum atomic E-state index is -4.26. The Morgan fingerprint density at radius 2 is 1.94 bits per heavy atom. The molecule has 0 heterocycles. The van der Waals surface area contributed by atoms with Gasteiger partial charge >= 0.3 is 12.0 Å². The third-order valence-electron chi connectivity index (χ3n) is 1.98. The van der Waals surface area contributed by atoms with Crippen molar-refractivity contribution in [1.82, 2.24) is 10.0 Å². The summed E-state index contributed by atoms with van der Waals surface area (Å²) in [7, 11) is -3.03. The highest BCUT2D eigenvalue weighted by Gasteiger charge is 2.24. The average molecular weight is 273 g/mol. The van der Waals surface area contributed by atoms with E-state index < -0.39 is 32.5 Å². The summed E-state index contributed by atoms with van der Waals surface area (Å²) in [6.07, 6.45) is 0. The lowest BCUT2D eigenvalue weighted by Gasteiger charge is -2.09. The van der Waals surface area contributed by atoms with Crippen molar-refractivity contribution in [3.63, 3.8) is 0 Å². The van der Waals surface area contributed by atoms with Crippen molar-refractivity contribution in [1.29, 1.82) is 0 Å². The van der Waals surface area contributed by atoms with E-state index in [2.05, 4.69) is 0 Å². The molecule has 9 heteroatoms. The second-order valence-corrected chi connectivity index (χ2v) is 4.90. The number of carbonyl (C=O) groups is 2. The molecule has 1 aromatic rings. The van der Waals surface area contributed by atoms with Crippen LogP contribution in [0.2, 0.25) is 0 Å². The van der Waals surface area contributed by atoms with Crippen LogP contribution in [0.1, 0.15) is 10.4 Å². The van der Waals surface area contributed by atoms with Gasteiger partial charge in [0.1, 0.15) is 4.90 Å². The van der Waals surface area contributed by atoms with Gasteiger partial charge in [-0.3, -0.25) is 0 Å². The maximum Gasteiger partial charge on any atom is 0.337 e. The van der Waals surface area contributed by atoms with Crippen LogP contribution in [0.4, 0.5) is 10.5 Å². The Kier molecular flexibility index (Phi) is 3.76. The second-order valence-electron chi connectivity index (χ2n) is 3.25. The first-order chi connectivity index (χ1) is 8.27. The highest BCUT2D eigenvalue weighted by atomic mass is 32.2. The van der Waals surface area contributed by atoms with Gasteiger partial charge in [-0.1, -0.05) is 0 Å². The van der Waals surface area contributed by atoms with Gasteiger partial charge in [-0.15, -0.1) is 0 Å². The van der Waals surface area contributed by atoms with Crippen molar-refractivity contribution in [2.75, 3.05) is 12.8 Å². The van der Waals surface area contributed by atoms with Crippen LogP contribution in [0.25, 0.3) is 0 Å². The molecule has 0 atom stereocenters. The number of nitrogens with two attached hydrogens (primary N) is 1. The van der Waals surface area contributed by atoms with E-state index in [-0.39, 0.29) is 5.69 Å². The minimum Gasteiger partial charge on any atom is -0.478 e. The molecule has 0 aliphatic carbocycles. The van der Waals surface area contributed by atoms with Crippen LogP contribution in [-0.4, -0.2) is 32.6 Å². The topological polar surface area (TPSA) is 139 Å². The quantitative estimate of drug-likeness (QED) is 0.552. The molecule has 0 bridgehead atoms. The molecule has 2 amide bonds. The Morgan fingerprint density at radius 1 is 1.33 bits per heavy atom. The minimum absolute atomic E-state index is 0.103. The van der Waals surface area contributed by atoms with Gasteiger partial charge in [0, 0.05) is 12.7 Å². The van der Waals surface area contributed by atoms with Crippen molar-refractivity contribution in [3.8, 4) is 0 Å². The molecule has 0 saturated heterocycles. The van der Waals surface area contributed by atoms with Crippen LogP contribution in [0, 0.1) is 0 Å². The SMILES string of the molecule is CNC(=O)NS(=O)(=O)c1ccc(N)cc1C(=O)O. The van der Waals surface area contributed by atoms with E-state index in [0.717, 1.165) is 12.1 Å². The maximum atomic E-state index is 11.8. The Bertz CT molecular complexity index is 596. The number of nitrogens with one attached hydrogen (secondary N) is 2. The number of benzene rings is 1. The van der Waals surface area contributed by atoms with E-state index in [4.69, 9.17) is 10.8 Å². The molecule has 0 fully saturated rings. The Labute approximate surface area is 103 Å². The number of aromatic carboxylic acids is 1. The monoisotopic (exact) mass is 273 g/mol. The number of sulfonamides is 1.